The maximum absolute atomic E-state index is 12.3. The summed E-state index contributed by atoms with van der Waals surface area (Å²) in [5, 5.41) is 19.6. The molecule has 1 saturated heterocycles. The predicted octanol–water partition coefficient (Wildman–Crippen LogP) is 1.59. The number of aromatic nitrogens is 5. The van der Waals surface area contributed by atoms with E-state index in [1.807, 2.05) is 10.9 Å². The Morgan fingerprint density at radius 1 is 1.46 bits per heavy atom. The first-order chi connectivity index (χ1) is 11.8. The van der Waals surface area contributed by atoms with Gasteiger partial charge in [-0.25, -0.2) is 4.98 Å². The Morgan fingerprint density at radius 2 is 2.42 bits per heavy atom. The second-order valence-electron chi connectivity index (χ2n) is 5.79. The molecule has 0 bridgehead atoms. The number of nitrogens with zero attached hydrogens (tertiary/aromatic N) is 4. The van der Waals surface area contributed by atoms with Gasteiger partial charge in [-0.3, -0.25) is 14.6 Å². The Kier molecular flexibility index (Phi) is 4.09. The van der Waals surface area contributed by atoms with Gasteiger partial charge in [-0.15, -0.1) is 11.3 Å². The van der Waals surface area contributed by atoms with Gasteiger partial charge in [0, 0.05) is 29.9 Å². The third kappa shape index (κ3) is 3.22. The van der Waals surface area contributed by atoms with E-state index in [2.05, 4.69) is 30.9 Å². The van der Waals surface area contributed by atoms with Gasteiger partial charge >= 0.3 is 0 Å². The number of anilines is 1. The molecule has 1 amide bonds. The minimum Gasteiger partial charge on any atom is -0.318 e. The van der Waals surface area contributed by atoms with Crippen LogP contribution >= 0.6 is 11.3 Å². The molecule has 4 heterocycles. The van der Waals surface area contributed by atoms with E-state index in [9.17, 15) is 4.79 Å². The molecule has 4 rings (SSSR count). The van der Waals surface area contributed by atoms with Crippen molar-refractivity contribution in [2.24, 2.45) is 5.92 Å². The van der Waals surface area contributed by atoms with E-state index in [4.69, 9.17) is 0 Å². The number of nitrogens with one attached hydrogen (secondary N) is 3. The molecule has 8 nitrogen and oxygen atoms in total. The summed E-state index contributed by atoms with van der Waals surface area (Å²) in [4.78, 5) is 16.7. The highest BCUT2D eigenvalue weighted by Crippen LogP contribution is 2.23. The number of rotatable bonds is 5. The van der Waals surface area contributed by atoms with Crippen molar-refractivity contribution in [3.63, 3.8) is 0 Å². The Morgan fingerprint density at radius 3 is 3.21 bits per heavy atom. The minimum atomic E-state index is -0.233. The average molecular weight is 343 g/mol. The van der Waals surface area contributed by atoms with Crippen LogP contribution < -0.4 is 10.6 Å². The molecule has 0 spiro atoms. The molecule has 0 aromatic carbocycles. The highest BCUT2D eigenvalue weighted by molar-refractivity contribution is 7.13. The molecular weight excluding hydrogens is 326 g/mol. The molecule has 9 heteroatoms. The maximum Gasteiger partial charge on any atom is 0.275 e. The first-order valence-corrected chi connectivity index (χ1v) is 8.65. The van der Waals surface area contributed by atoms with Crippen molar-refractivity contribution in [2.45, 2.75) is 13.0 Å². The first kappa shape index (κ1) is 15.0. The van der Waals surface area contributed by atoms with Gasteiger partial charge in [0.15, 0.2) is 0 Å². The second kappa shape index (κ2) is 6.54. The first-order valence-electron chi connectivity index (χ1n) is 7.77. The molecule has 24 heavy (non-hydrogen) atoms. The summed E-state index contributed by atoms with van der Waals surface area (Å²) in [5.41, 5.74) is 1.95. The Bertz CT molecular complexity index is 817. The van der Waals surface area contributed by atoms with Gasteiger partial charge in [-0.2, -0.15) is 10.2 Å². The van der Waals surface area contributed by atoms with Crippen LogP contribution in [-0.4, -0.2) is 44.0 Å². The minimum absolute atomic E-state index is 0.233. The second-order valence-corrected chi connectivity index (χ2v) is 6.65. The maximum atomic E-state index is 12.3. The molecule has 0 radical (unpaired) electrons. The number of aromatic amines is 1. The van der Waals surface area contributed by atoms with E-state index in [1.54, 1.807) is 24.0 Å². The molecule has 0 saturated carbocycles. The Balaban J connectivity index is 1.40. The lowest BCUT2D eigenvalue weighted by atomic mass is 10.1. The van der Waals surface area contributed by atoms with Gasteiger partial charge < -0.3 is 10.6 Å². The van der Waals surface area contributed by atoms with E-state index < -0.39 is 0 Å². The van der Waals surface area contributed by atoms with Crippen LogP contribution in [0.15, 0.2) is 30.2 Å². The number of amides is 1. The fraction of sp³-hybridized carbons (Fsp3) is 0.333. The van der Waals surface area contributed by atoms with E-state index >= 15 is 0 Å². The van der Waals surface area contributed by atoms with Gasteiger partial charge in [-0.1, -0.05) is 0 Å². The molecule has 1 aliphatic rings. The molecule has 3 aromatic heterocycles. The molecule has 3 N–H and O–H groups in total. The van der Waals surface area contributed by atoms with Gasteiger partial charge in [0.05, 0.1) is 18.1 Å². The summed E-state index contributed by atoms with van der Waals surface area (Å²) in [5.74, 6) is 0.368. The van der Waals surface area contributed by atoms with E-state index in [-0.39, 0.29) is 5.91 Å². The van der Waals surface area contributed by atoms with Crippen LogP contribution in [0.3, 0.4) is 0 Å². The number of thiazole rings is 1. The Labute approximate surface area is 142 Å². The number of hydrogen-bond donors (Lipinski definition) is 3. The normalized spacial score (nSPS) is 17.2. The summed E-state index contributed by atoms with van der Waals surface area (Å²) in [6.45, 7) is 2.96. The van der Waals surface area contributed by atoms with Crippen LogP contribution in [0.25, 0.3) is 10.6 Å². The highest BCUT2D eigenvalue weighted by atomic mass is 32.1. The van der Waals surface area contributed by atoms with Gasteiger partial charge in [-0.05, 0) is 25.4 Å². The van der Waals surface area contributed by atoms with Gasteiger partial charge in [0.2, 0.25) is 0 Å². The predicted molar refractivity (Wildman–Crippen MR) is 90.9 cm³/mol. The smallest absolute Gasteiger partial charge is 0.275 e. The van der Waals surface area contributed by atoms with E-state index in [0.29, 0.717) is 17.3 Å². The van der Waals surface area contributed by atoms with Crippen LogP contribution in [0.5, 0.6) is 0 Å². The van der Waals surface area contributed by atoms with Crippen LogP contribution in [0.1, 0.15) is 16.9 Å². The lowest BCUT2D eigenvalue weighted by Gasteiger charge is -2.07. The van der Waals surface area contributed by atoms with Gasteiger partial charge in [0.25, 0.3) is 5.91 Å². The van der Waals surface area contributed by atoms with Crippen molar-refractivity contribution < 1.29 is 4.79 Å². The fourth-order valence-electron chi connectivity index (χ4n) is 2.74. The van der Waals surface area contributed by atoms with Crippen molar-refractivity contribution in [2.75, 3.05) is 18.4 Å². The standard InChI is InChI=1S/C15H17N7OS/c23-14(13-9-24-15(21-13)11-4-17-18-5-11)20-12-6-19-22(8-12)7-10-1-2-16-3-10/h4-6,8-10,16H,1-3,7H2,(H,17,18)(H,20,23)/t10-/m1/s1. The number of hydrogen-bond acceptors (Lipinski definition) is 6. The zero-order valence-electron chi connectivity index (χ0n) is 12.9. The van der Waals surface area contributed by atoms with Crippen molar-refractivity contribution in [1.82, 2.24) is 30.3 Å². The van der Waals surface area contributed by atoms with Crippen molar-refractivity contribution in [3.8, 4) is 10.6 Å². The molecule has 0 unspecified atom stereocenters. The lowest BCUT2D eigenvalue weighted by molar-refractivity contribution is 0.102. The monoisotopic (exact) mass is 343 g/mol. The summed E-state index contributed by atoms with van der Waals surface area (Å²) in [7, 11) is 0. The zero-order chi connectivity index (χ0) is 16.4. The molecule has 124 valence electrons. The zero-order valence-corrected chi connectivity index (χ0v) is 13.7. The SMILES string of the molecule is O=C(Nc1cnn(C[C@@H]2CCNC2)c1)c1csc(-c2cn[nH]c2)n1. The van der Waals surface area contributed by atoms with Crippen molar-refractivity contribution in [3.05, 3.63) is 35.9 Å². The largest absolute Gasteiger partial charge is 0.318 e. The van der Waals surface area contributed by atoms with Gasteiger partial charge in [0.1, 0.15) is 10.7 Å². The fourth-order valence-corrected chi connectivity index (χ4v) is 3.52. The highest BCUT2D eigenvalue weighted by Gasteiger charge is 2.16. The van der Waals surface area contributed by atoms with Crippen molar-refractivity contribution in [1.29, 1.82) is 0 Å². The number of H-pyrrole nitrogens is 1. The third-order valence-corrected chi connectivity index (χ3v) is 4.87. The average Bonchev–Trinajstić information content (AvgIpc) is 3.36. The van der Waals surface area contributed by atoms with Crippen LogP contribution in [0.2, 0.25) is 0 Å². The third-order valence-electron chi connectivity index (χ3n) is 3.98. The van der Waals surface area contributed by atoms with E-state index in [1.165, 1.54) is 11.3 Å². The molecule has 1 atom stereocenters. The Hall–Kier alpha value is -2.52. The number of carbonyl (C=O) groups excluding carboxylic acids is 1. The molecule has 0 aliphatic carbocycles. The van der Waals surface area contributed by atoms with Crippen molar-refractivity contribution >= 4 is 22.9 Å². The lowest BCUT2D eigenvalue weighted by Crippen LogP contribution is -2.15. The quantitative estimate of drug-likeness (QED) is 0.653. The van der Waals surface area contributed by atoms with Crippen LogP contribution in [0.4, 0.5) is 5.69 Å². The number of carbonyl (C=O) groups is 1. The molecular formula is C15H17N7OS. The summed E-state index contributed by atoms with van der Waals surface area (Å²) < 4.78 is 1.88. The summed E-state index contributed by atoms with van der Waals surface area (Å²) in [6, 6.07) is 0. The molecule has 3 aromatic rings. The topological polar surface area (TPSA) is 101 Å². The van der Waals surface area contributed by atoms with Crippen LogP contribution in [-0.2, 0) is 6.54 Å². The van der Waals surface area contributed by atoms with E-state index in [0.717, 1.165) is 36.6 Å². The van der Waals surface area contributed by atoms with Crippen LogP contribution in [0, 0.1) is 5.92 Å². The summed E-state index contributed by atoms with van der Waals surface area (Å²) in [6.07, 6.45) is 8.13. The molecule has 1 fully saturated rings. The summed E-state index contributed by atoms with van der Waals surface area (Å²) >= 11 is 1.41. The molecule has 1 aliphatic heterocycles.